The van der Waals surface area contributed by atoms with Crippen molar-refractivity contribution in [3.8, 4) is 0 Å². The molecule has 1 aliphatic rings. The molecule has 1 saturated carbocycles. The van der Waals surface area contributed by atoms with E-state index in [4.69, 9.17) is 0 Å². The van der Waals surface area contributed by atoms with E-state index in [1.807, 2.05) is 0 Å². The first-order valence-corrected chi connectivity index (χ1v) is 4.46. The summed E-state index contributed by atoms with van der Waals surface area (Å²) in [5, 5.41) is 0. The van der Waals surface area contributed by atoms with E-state index in [1.54, 1.807) is 5.92 Å². The molecule has 0 unspecified atom stereocenters. The number of rotatable bonds is 0. The van der Waals surface area contributed by atoms with Crippen LogP contribution in [0.15, 0.2) is 0 Å². The van der Waals surface area contributed by atoms with Gasteiger partial charge in [0.05, 0.1) is 0 Å². The second-order valence-electron chi connectivity index (χ2n) is 4.41. The van der Waals surface area contributed by atoms with Crippen LogP contribution < -0.4 is 24.0 Å². The Morgan fingerprint density at radius 2 is 1.33 bits per heavy atom. The smallest absolute Gasteiger partial charge is 1.00 e. The van der Waals surface area contributed by atoms with Gasteiger partial charge in [0.25, 0.3) is 0 Å². The predicted octanol–water partition coefficient (Wildman–Crippen LogP) is 0.194. The molecule has 0 nitrogen and oxygen atoms in total. The third kappa shape index (κ3) is 5.27. The summed E-state index contributed by atoms with van der Waals surface area (Å²) in [7, 11) is 0. The maximum atomic E-state index is 2.34. The third-order valence-electron chi connectivity index (χ3n) is 2.52. The summed E-state index contributed by atoms with van der Waals surface area (Å²) in [4.78, 5) is 0. The summed E-state index contributed by atoms with van der Waals surface area (Å²) in [5.74, 6) is 1.79. The fourth-order valence-corrected chi connectivity index (χ4v) is 1.73. The number of hydrogen-bond acceptors (Lipinski definition) is 0. The predicted molar refractivity (Wildman–Crippen MR) is 51.5 cm³/mol. The first-order valence-electron chi connectivity index (χ1n) is 4.46. The van der Waals surface area contributed by atoms with Crippen molar-refractivity contribution in [2.75, 3.05) is 0 Å². The van der Waals surface area contributed by atoms with Gasteiger partial charge in [-0.25, -0.2) is 0 Å². The van der Waals surface area contributed by atoms with Crippen LogP contribution in [0.25, 0.3) is 0 Å². The van der Waals surface area contributed by atoms with E-state index in [0.29, 0.717) is 5.41 Å². The maximum absolute atomic E-state index is 2.34. The molecule has 0 amide bonds. The molecule has 0 radical (unpaired) electrons. The number of hydrogen-bond donors (Lipinski definition) is 0. The molecule has 1 fully saturated rings. The topological polar surface area (TPSA) is 0 Å². The third-order valence-corrected chi connectivity index (χ3v) is 2.52. The first kappa shape index (κ1) is 15.9. The number of halogens is 1. The molecule has 0 spiro atoms. The zero-order chi connectivity index (χ0) is 7.61. The summed E-state index contributed by atoms with van der Waals surface area (Å²) < 4.78 is 0. The van der Waals surface area contributed by atoms with Crippen LogP contribution in [0.1, 0.15) is 52.9 Å². The van der Waals surface area contributed by atoms with Crippen molar-refractivity contribution in [3.05, 3.63) is 5.92 Å². The van der Waals surface area contributed by atoms with E-state index in [1.165, 1.54) is 32.1 Å². The van der Waals surface area contributed by atoms with Crippen molar-refractivity contribution in [2.45, 2.75) is 52.9 Å². The molecule has 0 heterocycles. The summed E-state index contributed by atoms with van der Waals surface area (Å²) in [6, 6.07) is 0. The van der Waals surface area contributed by atoms with E-state index in [2.05, 4.69) is 20.8 Å². The van der Waals surface area contributed by atoms with Crippen LogP contribution in [-0.4, -0.2) is 23.1 Å². The van der Waals surface area contributed by atoms with Crippen molar-refractivity contribution >= 4 is 23.1 Å². The molecule has 0 aromatic heterocycles. The zero-order valence-electron chi connectivity index (χ0n) is 8.62. The van der Waals surface area contributed by atoms with Gasteiger partial charge in [0, 0.05) is 0 Å². The Morgan fingerprint density at radius 3 is 1.58 bits per heavy atom. The summed E-state index contributed by atoms with van der Waals surface area (Å²) in [6.45, 7) is 7.02. The second-order valence-corrected chi connectivity index (χ2v) is 4.41. The zero-order valence-corrected chi connectivity index (χ0v) is 12.2. The standard InChI is InChI=1S/C10H19.HI.Mg/c1-10(2,3)9-7-5-4-6-8-9;;/h4-8H2,1-3H3;1H;/q-1;;+2/p-1. The molecule has 0 saturated heterocycles. The van der Waals surface area contributed by atoms with Gasteiger partial charge < -0.3 is 29.9 Å². The average molecular weight is 290 g/mol. The van der Waals surface area contributed by atoms with Gasteiger partial charge in [0.2, 0.25) is 0 Å². The fraction of sp³-hybridized carbons (Fsp3) is 0.900. The van der Waals surface area contributed by atoms with Gasteiger partial charge in [-0.05, 0) is 0 Å². The molecule has 12 heavy (non-hydrogen) atoms. The fourth-order valence-electron chi connectivity index (χ4n) is 1.73. The molecule has 1 aliphatic carbocycles. The molecule has 68 valence electrons. The van der Waals surface area contributed by atoms with E-state index in [-0.39, 0.29) is 47.0 Å². The minimum atomic E-state index is 0. The Hall–Kier alpha value is 1.50. The van der Waals surface area contributed by atoms with Crippen molar-refractivity contribution in [1.29, 1.82) is 0 Å². The van der Waals surface area contributed by atoms with Crippen molar-refractivity contribution in [2.24, 2.45) is 5.41 Å². The molecular weight excluding hydrogens is 271 g/mol. The monoisotopic (exact) mass is 290 g/mol. The quantitative estimate of drug-likeness (QED) is 0.340. The average Bonchev–Trinajstić information content (AvgIpc) is 1.88. The summed E-state index contributed by atoms with van der Waals surface area (Å²) in [5.41, 5.74) is 0.487. The van der Waals surface area contributed by atoms with Crippen molar-refractivity contribution in [3.63, 3.8) is 0 Å². The molecule has 0 atom stereocenters. The Bertz CT molecular complexity index is 101. The largest absolute Gasteiger partial charge is 2.00 e. The summed E-state index contributed by atoms with van der Waals surface area (Å²) >= 11 is 0. The van der Waals surface area contributed by atoms with Gasteiger partial charge in [0.15, 0.2) is 0 Å². The van der Waals surface area contributed by atoms with Crippen LogP contribution in [0, 0.1) is 11.3 Å². The second kappa shape index (κ2) is 6.88. The van der Waals surface area contributed by atoms with E-state index in [0.717, 1.165) is 0 Å². The van der Waals surface area contributed by atoms with Gasteiger partial charge in [0.1, 0.15) is 0 Å². The van der Waals surface area contributed by atoms with Gasteiger partial charge in [-0.2, -0.15) is 18.3 Å². The van der Waals surface area contributed by atoms with Gasteiger partial charge >= 0.3 is 23.1 Å². The van der Waals surface area contributed by atoms with Crippen LogP contribution in [-0.2, 0) is 0 Å². The van der Waals surface area contributed by atoms with E-state index >= 15 is 0 Å². The van der Waals surface area contributed by atoms with Gasteiger partial charge in [-0.3, -0.25) is 0 Å². The van der Waals surface area contributed by atoms with Crippen molar-refractivity contribution in [1.82, 2.24) is 0 Å². The molecule has 0 aromatic carbocycles. The molecule has 2 heteroatoms. The van der Waals surface area contributed by atoms with Crippen LogP contribution >= 0.6 is 0 Å². The van der Waals surface area contributed by atoms with E-state index in [9.17, 15) is 0 Å². The molecule has 0 N–H and O–H groups in total. The van der Waals surface area contributed by atoms with Gasteiger partial charge in [-0.1, -0.05) is 40.0 Å². The SMILES string of the molecule is CC(C)(C)[C-]1CCCCC1.[I-].[Mg+2]. The van der Waals surface area contributed by atoms with Crippen molar-refractivity contribution < 1.29 is 24.0 Å². The normalized spacial score (nSPS) is 19.2. The van der Waals surface area contributed by atoms with E-state index < -0.39 is 0 Å². The van der Waals surface area contributed by atoms with Crippen LogP contribution in [0.3, 0.4) is 0 Å². The van der Waals surface area contributed by atoms with Crippen LogP contribution in [0.4, 0.5) is 0 Å². The summed E-state index contributed by atoms with van der Waals surface area (Å²) in [6.07, 6.45) is 7.12. The minimum absolute atomic E-state index is 0. The molecule has 0 aliphatic heterocycles. The van der Waals surface area contributed by atoms with Gasteiger partial charge in [-0.15, -0.1) is 0 Å². The molecule has 1 rings (SSSR count). The molecule has 0 aromatic rings. The Balaban J connectivity index is 0. The van der Waals surface area contributed by atoms with Crippen LogP contribution in [0.2, 0.25) is 0 Å². The Labute approximate surface area is 110 Å². The Morgan fingerprint density at radius 1 is 0.917 bits per heavy atom. The molecular formula is C10H19IMg. The molecule has 0 bridgehead atoms. The minimum Gasteiger partial charge on any atom is -1.00 e. The first-order chi connectivity index (χ1) is 4.61. The maximum Gasteiger partial charge on any atom is 2.00 e. The van der Waals surface area contributed by atoms with Crippen LogP contribution in [0.5, 0.6) is 0 Å². The Kier molecular flexibility index (Phi) is 9.14.